The van der Waals surface area contributed by atoms with Crippen LogP contribution in [-0.4, -0.2) is 17.2 Å². The molecule has 6 heteroatoms. The van der Waals surface area contributed by atoms with Gasteiger partial charge in [0.15, 0.2) is 6.10 Å². The largest absolute Gasteiger partial charge is 0.479 e. The molecule has 2 aromatic carbocycles. The molecule has 0 heterocycles. The molecule has 2 rings (SSSR count). The van der Waals surface area contributed by atoms with Gasteiger partial charge in [-0.1, -0.05) is 11.6 Å². The molecule has 1 unspecified atom stereocenters. The Morgan fingerprint density at radius 1 is 1.23 bits per heavy atom. The van der Waals surface area contributed by atoms with E-state index in [1.807, 2.05) is 6.07 Å². The first-order chi connectivity index (χ1) is 10.5. The molecule has 1 N–H and O–H groups in total. The Bertz CT molecular complexity index is 722. The maximum absolute atomic E-state index is 10.7. The van der Waals surface area contributed by atoms with Gasteiger partial charge in [0.05, 0.1) is 16.7 Å². The molecule has 0 aliphatic heterocycles. The van der Waals surface area contributed by atoms with E-state index in [-0.39, 0.29) is 0 Å². The summed E-state index contributed by atoms with van der Waals surface area (Å²) in [5.41, 5.74) is 0.448. The van der Waals surface area contributed by atoms with Gasteiger partial charge < -0.3 is 14.6 Å². The number of carbonyl (C=O) groups is 1. The first-order valence-corrected chi connectivity index (χ1v) is 6.74. The van der Waals surface area contributed by atoms with Crippen molar-refractivity contribution >= 4 is 17.6 Å². The van der Waals surface area contributed by atoms with Crippen molar-refractivity contribution in [2.45, 2.75) is 13.0 Å². The normalized spacial score (nSPS) is 11.3. The molecule has 0 amide bonds. The van der Waals surface area contributed by atoms with Crippen molar-refractivity contribution < 1.29 is 19.4 Å². The van der Waals surface area contributed by atoms with Crippen LogP contribution in [0.2, 0.25) is 5.02 Å². The third kappa shape index (κ3) is 3.90. The third-order valence-corrected chi connectivity index (χ3v) is 3.07. The molecule has 0 radical (unpaired) electrons. The minimum Gasteiger partial charge on any atom is -0.479 e. The summed E-state index contributed by atoms with van der Waals surface area (Å²) in [5.74, 6) is 0.327. The van der Waals surface area contributed by atoms with Crippen molar-refractivity contribution in [2.24, 2.45) is 0 Å². The average Bonchev–Trinajstić information content (AvgIpc) is 2.51. The highest BCUT2D eigenvalue weighted by atomic mass is 35.5. The van der Waals surface area contributed by atoms with Crippen LogP contribution >= 0.6 is 11.6 Å². The van der Waals surface area contributed by atoms with Crippen LogP contribution in [-0.2, 0) is 4.79 Å². The lowest BCUT2D eigenvalue weighted by atomic mass is 10.2. The van der Waals surface area contributed by atoms with Gasteiger partial charge in [0.2, 0.25) is 0 Å². The number of nitrogens with zero attached hydrogens (tertiary/aromatic N) is 1. The minimum absolute atomic E-state index is 0.332. The summed E-state index contributed by atoms with van der Waals surface area (Å²) in [6.45, 7) is 1.45. The van der Waals surface area contributed by atoms with Crippen LogP contribution in [0, 0.1) is 11.3 Å². The van der Waals surface area contributed by atoms with Crippen LogP contribution < -0.4 is 9.47 Å². The maximum Gasteiger partial charge on any atom is 0.344 e. The first-order valence-electron chi connectivity index (χ1n) is 6.36. The lowest BCUT2D eigenvalue weighted by Crippen LogP contribution is -2.22. The summed E-state index contributed by atoms with van der Waals surface area (Å²) in [6, 6.07) is 13.2. The van der Waals surface area contributed by atoms with E-state index in [0.717, 1.165) is 0 Å². The molecule has 0 aliphatic rings. The summed E-state index contributed by atoms with van der Waals surface area (Å²) < 4.78 is 10.8. The number of ether oxygens (including phenoxy) is 2. The number of halogens is 1. The second kappa shape index (κ2) is 6.83. The van der Waals surface area contributed by atoms with Gasteiger partial charge in [0.1, 0.15) is 17.2 Å². The predicted molar refractivity (Wildman–Crippen MR) is 80.4 cm³/mol. The minimum atomic E-state index is -1.04. The van der Waals surface area contributed by atoms with Crippen molar-refractivity contribution in [2.75, 3.05) is 0 Å². The Morgan fingerprint density at radius 3 is 2.41 bits per heavy atom. The molecule has 0 aliphatic carbocycles. The van der Waals surface area contributed by atoms with E-state index < -0.39 is 12.1 Å². The first kappa shape index (κ1) is 15.7. The second-order valence-corrected chi connectivity index (χ2v) is 4.84. The zero-order valence-electron chi connectivity index (χ0n) is 11.6. The predicted octanol–water partition coefficient (Wildman–Crippen LogP) is 3.86. The standard InChI is InChI=1S/C16H12ClNO4/c1-10(16(19)20)21-12-3-5-13(6-4-12)22-15-7-2-11(9-18)8-14(15)17/h2-8,10H,1H3,(H,19,20). The summed E-state index contributed by atoms with van der Waals surface area (Å²) in [6.07, 6.45) is -0.931. The molecule has 0 saturated carbocycles. The van der Waals surface area contributed by atoms with E-state index in [1.165, 1.54) is 13.0 Å². The number of nitriles is 1. The second-order valence-electron chi connectivity index (χ2n) is 4.43. The van der Waals surface area contributed by atoms with E-state index in [4.69, 9.17) is 31.4 Å². The summed E-state index contributed by atoms with van der Waals surface area (Å²) in [5, 5.41) is 17.9. The number of carboxylic acid groups (broad SMARTS) is 1. The maximum atomic E-state index is 10.7. The van der Waals surface area contributed by atoms with Gasteiger partial charge in [0.25, 0.3) is 0 Å². The zero-order chi connectivity index (χ0) is 16.1. The number of hydrogen-bond acceptors (Lipinski definition) is 4. The highest BCUT2D eigenvalue weighted by Gasteiger charge is 2.12. The number of benzene rings is 2. The van der Waals surface area contributed by atoms with Crippen LogP contribution in [0.25, 0.3) is 0 Å². The topological polar surface area (TPSA) is 79.5 Å². The van der Waals surface area contributed by atoms with E-state index in [1.54, 1.807) is 36.4 Å². The monoisotopic (exact) mass is 317 g/mol. The van der Waals surface area contributed by atoms with Crippen LogP contribution in [0.1, 0.15) is 12.5 Å². The van der Waals surface area contributed by atoms with Gasteiger partial charge in [-0.15, -0.1) is 0 Å². The van der Waals surface area contributed by atoms with E-state index >= 15 is 0 Å². The Kier molecular flexibility index (Phi) is 4.87. The number of rotatable bonds is 5. The number of carboxylic acids is 1. The summed E-state index contributed by atoms with van der Waals surface area (Å²) in [7, 11) is 0. The summed E-state index contributed by atoms with van der Waals surface area (Å²) >= 11 is 6.03. The van der Waals surface area contributed by atoms with Gasteiger partial charge >= 0.3 is 5.97 Å². The van der Waals surface area contributed by atoms with Gasteiger partial charge in [-0.3, -0.25) is 0 Å². The molecule has 0 saturated heterocycles. The molecule has 1 atom stereocenters. The van der Waals surface area contributed by atoms with Crippen LogP contribution in [0.5, 0.6) is 17.2 Å². The van der Waals surface area contributed by atoms with Gasteiger partial charge in [-0.2, -0.15) is 5.26 Å². The lowest BCUT2D eigenvalue weighted by Gasteiger charge is -2.11. The SMILES string of the molecule is CC(Oc1ccc(Oc2ccc(C#N)cc2Cl)cc1)C(=O)O. The molecule has 112 valence electrons. The average molecular weight is 318 g/mol. The van der Waals surface area contributed by atoms with E-state index in [9.17, 15) is 4.79 Å². The van der Waals surface area contributed by atoms with Crippen LogP contribution in [0.15, 0.2) is 42.5 Å². The van der Waals surface area contributed by atoms with Gasteiger partial charge in [0, 0.05) is 0 Å². The fourth-order valence-corrected chi connectivity index (χ4v) is 1.84. The molecule has 0 bridgehead atoms. The van der Waals surface area contributed by atoms with Crippen molar-refractivity contribution in [3.8, 4) is 23.3 Å². The van der Waals surface area contributed by atoms with Gasteiger partial charge in [-0.25, -0.2) is 4.79 Å². The molecule has 0 fully saturated rings. The smallest absolute Gasteiger partial charge is 0.344 e. The Morgan fingerprint density at radius 2 is 1.86 bits per heavy atom. The molecule has 0 aromatic heterocycles. The van der Waals surface area contributed by atoms with Crippen LogP contribution in [0.3, 0.4) is 0 Å². The molecular weight excluding hydrogens is 306 g/mol. The lowest BCUT2D eigenvalue weighted by molar-refractivity contribution is -0.144. The van der Waals surface area contributed by atoms with Crippen molar-refractivity contribution in [1.82, 2.24) is 0 Å². The highest BCUT2D eigenvalue weighted by Crippen LogP contribution is 2.30. The highest BCUT2D eigenvalue weighted by molar-refractivity contribution is 6.32. The number of hydrogen-bond donors (Lipinski definition) is 1. The van der Waals surface area contributed by atoms with Crippen LogP contribution in [0.4, 0.5) is 0 Å². The number of aliphatic carboxylic acids is 1. The molecule has 2 aromatic rings. The fourth-order valence-electron chi connectivity index (χ4n) is 1.62. The van der Waals surface area contributed by atoms with Crippen molar-refractivity contribution in [3.05, 3.63) is 53.1 Å². The van der Waals surface area contributed by atoms with Gasteiger partial charge in [-0.05, 0) is 49.4 Å². The Balaban J connectivity index is 2.08. The van der Waals surface area contributed by atoms with Crippen molar-refractivity contribution in [3.63, 3.8) is 0 Å². The Labute approximate surface area is 132 Å². The summed E-state index contributed by atoms with van der Waals surface area (Å²) in [4.78, 5) is 10.7. The zero-order valence-corrected chi connectivity index (χ0v) is 12.4. The molecule has 22 heavy (non-hydrogen) atoms. The van der Waals surface area contributed by atoms with E-state index in [2.05, 4.69) is 0 Å². The molecular formula is C16H12ClNO4. The molecule has 0 spiro atoms. The van der Waals surface area contributed by atoms with Crippen molar-refractivity contribution in [1.29, 1.82) is 5.26 Å². The van der Waals surface area contributed by atoms with E-state index in [0.29, 0.717) is 27.8 Å². The molecule has 5 nitrogen and oxygen atoms in total. The Hall–Kier alpha value is -2.71. The third-order valence-electron chi connectivity index (χ3n) is 2.77. The quantitative estimate of drug-likeness (QED) is 0.905. The fraction of sp³-hybridized carbons (Fsp3) is 0.125.